The van der Waals surface area contributed by atoms with E-state index >= 15 is 0 Å². The van der Waals surface area contributed by atoms with Crippen molar-refractivity contribution in [3.05, 3.63) is 35.4 Å². The molecule has 1 fully saturated rings. The van der Waals surface area contributed by atoms with E-state index in [9.17, 15) is 19.6 Å². The highest BCUT2D eigenvalue weighted by Crippen LogP contribution is 2.24. The van der Waals surface area contributed by atoms with Crippen LogP contribution in [0.25, 0.3) is 0 Å². The smallest absolute Gasteiger partial charge is 0.410 e. The molecule has 1 aromatic rings. The first-order valence-corrected chi connectivity index (χ1v) is 8.99. The molecular formula is C20H25N3O5. The van der Waals surface area contributed by atoms with Crippen LogP contribution in [0.5, 0.6) is 0 Å². The number of benzene rings is 1. The van der Waals surface area contributed by atoms with Crippen molar-refractivity contribution in [3.63, 3.8) is 0 Å². The summed E-state index contributed by atoms with van der Waals surface area (Å²) in [5.74, 6) is -1.01. The fourth-order valence-corrected chi connectivity index (χ4v) is 2.86. The minimum absolute atomic E-state index is 0.251. The Morgan fingerprint density at radius 2 is 1.79 bits per heavy atom. The maximum atomic E-state index is 12.6. The van der Waals surface area contributed by atoms with Crippen molar-refractivity contribution in [3.8, 4) is 6.07 Å². The number of nitrogens with zero attached hydrogens (tertiary/aromatic N) is 2. The predicted octanol–water partition coefficient (Wildman–Crippen LogP) is 2.50. The Labute approximate surface area is 164 Å². The minimum atomic E-state index is -1.09. The zero-order valence-electron chi connectivity index (χ0n) is 16.6. The van der Waals surface area contributed by atoms with Crippen molar-refractivity contribution >= 4 is 18.0 Å². The van der Waals surface area contributed by atoms with Crippen LogP contribution in [0.4, 0.5) is 4.79 Å². The molecule has 1 N–H and O–H groups in total. The van der Waals surface area contributed by atoms with E-state index in [-0.39, 0.29) is 24.0 Å². The number of piperidine rings is 1. The Balaban J connectivity index is 2.05. The highest BCUT2D eigenvalue weighted by molar-refractivity contribution is 5.98. The van der Waals surface area contributed by atoms with Gasteiger partial charge in [-0.15, -0.1) is 0 Å². The number of hydrogen-bond donors (Lipinski definition) is 1. The Hall–Kier alpha value is -3.08. The van der Waals surface area contributed by atoms with Gasteiger partial charge >= 0.3 is 12.1 Å². The largest absolute Gasteiger partial charge is 0.465 e. The summed E-state index contributed by atoms with van der Waals surface area (Å²) >= 11 is 0. The van der Waals surface area contributed by atoms with Crippen molar-refractivity contribution in [2.75, 3.05) is 20.2 Å². The molecule has 0 spiro atoms. The van der Waals surface area contributed by atoms with Gasteiger partial charge in [0, 0.05) is 31.5 Å². The molecule has 8 nitrogen and oxygen atoms in total. The second-order valence-electron chi connectivity index (χ2n) is 7.69. The highest BCUT2D eigenvalue weighted by Gasteiger charge is 2.38. The van der Waals surface area contributed by atoms with Crippen molar-refractivity contribution in [2.45, 2.75) is 44.8 Å². The number of hydrogen-bond acceptors (Lipinski definition) is 6. The van der Waals surface area contributed by atoms with Crippen molar-refractivity contribution in [1.82, 2.24) is 10.2 Å². The topological polar surface area (TPSA) is 109 Å². The molecule has 2 rings (SSSR count). The molecule has 0 aromatic heterocycles. The van der Waals surface area contributed by atoms with Gasteiger partial charge in [-0.2, -0.15) is 5.26 Å². The van der Waals surface area contributed by atoms with Crippen molar-refractivity contribution in [1.29, 1.82) is 5.26 Å². The molecule has 0 unspecified atom stereocenters. The van der Waals surface area contributed by atoms with Crippen LogP contribution in [0.2, 0.25) is 0 Å². The van der Waals surface area contributed by atoms with Gasteiger partial charge in [0.05, 0.1) is 18.7 Å². The second kappa shape index (κ2) is 8.30. The molecule has 0 radical (unpaired) electrons. The van der Waals surface area contributed by atoms with E-state index in [2.05, 4.69) is 16.1 Å². The molecule has 1 saturated heterocycles. The molecule has 150 valence electrons. The van der Waals surface area contributed by atoms with Crippen LogP contribution in [0.1, 0.15) is 54.3 Å². The number of nitriles is 1. The third kappa shape index (κ3) is 5.22. The minimum Gasteiger partial charge on any atom is -0.465 e. The van der Waals surface area contributed by atoms with Gasteiger partial charge in [0.1, 0.15) is 11.1 Å². The van der Waals surface area contributed by atoms with E-state index < -0.39 is 29.1 Å². The Kier molecular flexibility index (Phi) is 6.29. The van der Waals surface area contributed by atoms with Gasteiger partial charge in [0.25, 0.3) is 5.91 Å². The van der Waals surface area contributed by atoms with Gasteiger partial charge < -0.3 is 19.7 Å². The van der Waals surface area contributed by atoms with E-state index in [1.807, 2.05) is 0 Å². The predicted molar refractivity (Wildman–Crippen MR) is 101 cm³/mol. The van der Waals surface area contributed by atoms with Crippen LogP contribution in [-0.4, -0.2) is 54.2 Å². The summed E-state index contributed by atoms with van der Waals surface area (Å²) < 4.78 is 10.0. The molecule has 1 aromatic carbocycles. The molecule has 2 amide bonds. The quantitative estimate of drug-likeness (QED) is 0.798. The molecule has 1 aliphatic heterocycles. The van der Waals surface area contributed by atoms with E-state index in [4.69, 9.17) is 4.74 Å². The van der Waals surface area contributed by atoms with E-state index in [0.29, 0.717) is 13.1 Å². The molecular weight excluding hydrogens is 362 g/mol. The number of amides is 2. The average Bonchev–Trinajstić information content (AvgIpc) is 2.66. The summed E-state index contributed by atoms with van der Waals surface area (Å²) in [6.07, 6.45) is 0.132. The molecule has 0 bridgehead atoms. The van der Waals surface area contributed by atoms with Crippen LogP contribution < -0.4 is 5.32 Å². The summed E-state index contributed by atoms with van der Waals surface area (Å²) in [6, 6.07) is 8.27. The van der Waals surface area contributed by atoms with Gasteiger partial charge in [-0.25, -0.2) is 9.59 Å². The Bertz CT molecular complexity index is 799. The number of rotatable bonds is 3. The number of ether oxygens (including phenoxy) is 2. The second-order valence-corrected chi connectivity index (χ2v) is 7.69. The maximum absolute atomic E-state index is 12.6. The summed E-state index contributed by atoms with van der Waals surface area (Å²) in [6.45, 7) is 5.96. The lowest BCUT2D eigenvalue weighted by molar-refractivity contribution is 0.0176. The number of esters is 1. The van der Waals surface area contributed by atoms with E-state index in [0.717, 1.165) is 0 Å². The summed E-state index contributed by atoms with van der Waals surface area (Å²) in [7, 11) is 1.26. The van der Waals surface area contributed by atoms with Gasteiger partial charge in [-0.3, -0.25) is 4.79 Å². The number of carbonyl (C=O) groups excluding carboxylic acids is 3. The monoisotopic (exact) mass is 387 g/mol. The molecule has 1 heterocycles. The molecule has 28 heavy (non-hydrogen) atoms. The molecule has 0 saturated carbocycles. The number of methoxy groups -OCH3 is 1. The normalized spacial score (nSPS) is 15.9. The third-order valence-electron chi connectivity index (χ3n) is 4.38. The Morgan fingerprint density at radius 1 is 1.18 bits per heavy atom. The zero-order chi connectivity index (χ0) is 20.9. The van der Waals surface area contributed by atoms with Crippen LogP contribution >= 0.6 is 0 Å². The molecule has 1 aliphatic rings. The van der Waals surface area contributed by atoms with Gasteiger partial charge in [-0.1, -0.05) is 6.07 Å². The average molecular weight is 387 g/mol. The molecule has 8 heteroatoms. The lowest BCUT2D eigenvalue weighted by Gasteiger charge is -2.38. The van der Waals surface area contributed by atoms with E-state index in [1.165, 1.54) is 18.1 Å². The first-order chi connectivity index (χ1) is 13.1. The van der Waals surface area contributed by atoms with Gasteiger partial charge in [-0.05, 0) is 39.0 Å². The van der Waals surface area contributed by atoms with Crippen LogP contribution in [0, 0.1) is 11.3 Å². The van der Waals surface area contributed by atoms with E-state index in [1.54, 1.807) is 39.0 Å². The SMILES string of the molecule is COC(=O)c1cccc(C(=O)NC2(C#N)CCN(C(=O)OC(C)(C)C)CC2)c1. The summed E-state index contributed by atoms with van der Waals surface area (Å²) in [5, 5.41) is 12.4. The summed E-state index contributed by atoms with van der Waals surface area (Å²) in [4.78, 5) is 38.0. The third-order valence-corrected chi connectivity index (χ3v) is 4.38. The molecule has 0 atom stereocenters. The highest BCUT2D eigenvalue weighted by atomic mass is 16.6. The standard InChI is InChI=1S/C20H25N3O5/c1-19(2,3)28-18(26)23-10-8-20(13-21,9-11-23)22-16(24)14-6-5-7-15(12-14)17(25)27-4/h5-7,12H,8-11H2,1-4H3,(H,22,24). The Morgan fingerprint density at radius 3 is 2.32 bits per heavy atom. The zero-order valence-corrected chi connectivity index (χ0v) is 16.6. The number of nitrogens with one attached hydrogen (secondary N) is 1. The van der Waals surface area contributed by atoms with Crippen molar-refractivity contribution in [2.24, 2.45) is 0 Å². The van der Waals surface area contributed by atoms with Gasteiger partial charge in [0.2, 0.25) is 0 Å². The fraction of sp³-hybridized carbons (Fsp3) is 0.500. The number of carbonyl (C=O) groups is 3. The summed E-state index contributed by atoms with van der Waals surface area (Å²) in [5.41, 5.74) is -1.18. The first kappa shape index (κ1) is 21.2. The van der Waals surface area contributed by atoms with Crippen LogP contribution in [0.15, 0.2) is 24.3 Å². The maximum Gasteiger partial charge on any atom is 0.410 e. The van der Waals surface area contributed by atoms with Gasteiger partial charge in [0.15, 0.2) is 0 Å². The van der Waals surface area contributed by atoms with Crippen LogP contribution in [-0.2, 0) is 9.47 Å². The first-order valence-electron chi connectivity index (χ1n) is 8.99. The lowest BCUT2D eigenvalue weighted by atomic mass is 9.88. The lowest BCUT2D eigenvalue weighted by Crippen LogP contribution is -2.55. The molecule has 0 aliphatic carbocycles. The number of likely N-dealkylation sites (tertiary alicyclic amines) is 1. The van der Waals surface area contributed by atoms with Crippen molar-refractivity contribution < 1.29 is 23.9 Å². The van der Waals surface area contributed by atoms with Crippen LogP contribution in [0.3, 0.4) is 0 Å². The fourth-order valence-electron chi connectivity index (χ4n) is 2.86.